The molecule has 0 spiro atoms. The highest BCUT2D eigenvalue weighted by Crippen LogP contribution is 2.15. The number of esters is 1. The van der Waals surface area contributed by atoms with Gasteiger partial charge in [-0.15, -0.1) is 5.06 Å². The Morgan fingerprint density at radius 3 is 2.24 bits per heavy atom. The molecule has 2 amide bonds. The van der Waals surface area contributed by atoms with Crippen molar-refractivity contribution in [2.24, 2.45) is 0 Å². The lowest BCUT2D eigenvalue weighted by Gasteiger charge is -2.12. The zero-order valence-electron chi connectivity index (χ0n) is 11.3. The molecule has 1 saturated heterocycles. The number of ether oxygens (including phenoxy) is 1. The molecule has 0 saturated carbocycles. The van der Waals surface area contributed by atoms with Gasteiger partial charge in [-0.3, -0.25) is 9.59 Å². The number of benzene rings is 1. The standard InChI is InChI=1S/C14H13NO6/c1-2-20-13(18)9-4-3-5-10(8-9)14(19)21-15-11(16)6-7-12(15)17/h3-5,8H,2,6-7H2,1H3. The van der Waals surface area contributed by atoms with Gasteiger partial charge in [-0.25, -0.2) is 9.59 Å². The van der Waals surface area contributed by atoms with Crippen molar-refractivity contribution in [1.82, 2.24) is 5.06 Å². The van der Waals surface area contributed by atoms with E-state index in [9.17, 15) is 19.2 Å². The van der Waals surface area contributed by atoms with Crippen LogP contribution in [-0.2, 0) is 19.2 Å². The third kappa shape index (κ3) is 3.25. The van der Waals surface area contributed by atoms with E-state index in [-0.39, 0.29) is 30.6 Å². The maximum atomic E-state index is 11.9. The van der Waals surface area contributed by atoms with Crippen LogP contribution in [0.2, 0.25) is 0 Å². The van der Waals surface area contributed by atoms with Gasteiger partial charge in [-0.05, 0) is 25.1 Å². The van der Waals surface area contributed by atoms with Gasteiger partial charge in [0.15, 0.2) is 0 Å². The van der Waals surface area contributed by atoms with Crippen molar-refractivity contribution in [2.75, 3.05) is 6.61 Å². The van der Waals surface area contributed by atoms with Gasteiger partial charge in [-0.2, -0.15) is 0 Å². The van der Waals surface area contributed by atoms with Gasteiger partial charge < -0.3 is 9.57 Å². The molecule has 0 radical (unpaired) electrons. The van der Waals surface area contributed by atoms with Crippen LogP contribution in [0, 0.1) is 0 Å². The normalized spacial score (nSPS) is 14.2. The average molecular weight is 291 g/mol. The van der Waals surface area contributed by atoms with Crippen molar-refractivity contribution < 1.29 is 28.8 Å². The Morgan fingerprint density at radius 1 is 1.10 bits per heavy atom. The first-order valence-electron chi connectivity index (χ1n) is 6.38. The van der Waals surface area contributed by atoms with E-state index in [0.29, 0.717) is 5.06 Å². The topological polar surface area (TPSA) is 90.0 Å². The molecule has 1 aromatic carbocycles. The lowest BCUT2D eigenvalue weighted by atomic mass is 10.1. The third-order valence-corrected chi connectivity index (χ3v) is 2.79. The Labute approximate surface area is 120 Å². The summed E-state index contributed by atoms with van der Waals surface area (Å²) in [5.41, 5.74) is 0.235. The van der Waals surface area contributed by atoms with Crippen LogP contribution in [0.4, 0.5) is 0 Å². The van der Waals surface area contributed by atoms with Crippen molar-refractivity contribution in [2.45, 2.75) is 19.8 Å². The first-order valence-corrected chi connectivity index (χ1v) is 6.38. The second-order valence-electron chi connectivity index (χ2n) is 4.26. The number of carbonyl (C=O) groups excluding carboxylic acids is 4. The summed E-state index contributed by atoms with van der Waals surface area (Å²) >= 11 is 0. The minimum absolute atomic E-state index is 0.0228. The summed E-state index contributed by atoms with van der Waals surface area (Å²) in [6.45, 7) is 1.88. The zero-order chi connectivity index (χ0) is 15.4. The number of hydrogen-bond acceptors (Lipinski definition) is 6. The van der Waals surface area contributed by atoms with Crippen molar-refractivity contribution in [3.63, 3.8) is 0 Å². The largest absolute Gasteiger partial charge is 0.462 e. The van der Waals surface area contributed by atoms with Gasteiger partial charge >= 0.3 is 11.9 Å². The van der Waals surface area contributed by atoms with Crippen LogP contribution in [0.15, 0.2) is 24.3 Å². The molecule has 7 heteroatoms. The van der Waals surface area contributed by atoms with Crippen LogP contribution in [0.25, 0.3) is 0 Å². The van der Waals surface area contributed by atoms with Crippen molar-refractivity contribution in [3.05, 3.63) is 35.4 Å². The number of imide groups is 1. The molecule has 110 valence electrons. The summed E-state index contributed by atoms with van der Waals surface area (Å²) in [5, 5.41) is 0.458. The molecule has 0 N–H and O–H groups in total. The monoisotopic (exact) mass is 291 g/mol. The highest BCUT2D eigenvalue weighted by Gasteiger charge is 2.33. The van der Waals surface area contributed by atoms with E-state index in [1.54, 1.807) is 6.92 Å². The fraction of sp³-hybridized carbons (Fsp3) is 0.286. The smallest absolute Gasteiger partial charge is 0.363 e. The lowest BCUT2D eigenvalue weighted by Crippen LogP contribution is -2.32. The number of rotatable bonds is 4. The second-order valence-corrected chi connectivity index (χ2v) is 4.26. The van der Waals surface area contributed by atoms with Gasteiger partial charge in [-0.1, -0.05) is 6.07 Å². The summed E-state index contributed by atoms with van der Waals surface area (Å²) in [6.07, 6.45) is 0.0456. The SMILES string of the molecule is CCOC(=O)c1cccc(C(=O)ON2C(=O)CCC2=O)c1. The van der Waals surface area contributed by atoms with E-state index in [4.69, 9.17) is 9.57 Å². The van der Waals surface area contributed by atoms with Crippen LogP contribution in [-0.4, -0.2) is 35.4 Å². The van der Waals surface area contributed by atoms with E-state index in [2.05, 4.69) is 0 Å². The minimum Gasteiger partial charge on any atom is -0.462 e. The molecule has 0 aromatic heterocycles. The van der Waals surface area contributed by atoms with Crippen molar-refractivity contribution in [1.29, 1.82) is 0 Å². The lowest BCUT2D eigenvalue weighted by molar-refractivity contribution is -0.172. The second kappa shape index (κ2) is 6.17. The fourth-order valence-electron chi connectivity index (χ4n) is 1.78. The van der Waals surface area contributed by atoms with E-state index in [0.717, 1.165) is 0 Å². The van der Waals surface area contributed by atoms with Crippen LogP contribution in [0.5, 0.6) is 0 Å². The molecule has 1 aliphatic heterocycles. The maximum absolute atomic E-state index is 11.9. The molecule has 1 heterocycles. The molecule has 0 bridgehead atoms. The Balaban J connectivity index is 2.12. The van der Waals surface area contributed by atoms with Gasteiger partial charge in [0.1, 0.15) is 0 Å². The number of carbonyl (C=O) groups is 4. The average Bonchev–Trinajstić information content (AvgIpc) is 2.79. The predicted molar refractivity (Wildman–Crippen MR) is 68.9 cm³/mol. The molecular formula is C14H13NO6. The van der Waals surface area contributed by atoms with Crippen molar-refractivity contribution >= 4 is 23.8 Å². The van der Waals surface area contributed by atoms with Crippen LogP contribution in [0.3, 0.4) is 0 Å². The van der Waals surface area contributed by atoms with Gasteiger partial charge in [0.05, 0.1) is 17.7 Å². The molecule has 0 unspecified atom stereocenters. The van der Waals surface area contributed by atoms with Gasteiger partial charge in [0.2, 0.25) is 0 Å². The molecule has 7 nitrogen and oxygen atoms in total. The van der Waals surface area contributed by atoms with Gasteiger partial charge in [0.25, 0.3) is 11.8 Å². The minimum atomic E-state index is -0.884. The molecule has 0 atom stereocenters. The Hall–Kier alpha value is -2.70. The van der Waals surface area contributed by atoms with Crippen LogP contribution >= 0.6 is 0 Å². The van der Waals surface area contributed by atoms with Gasteiger partial charge in [0, 0.05) is 12.8 Å². The van der Waals surface area contributed by atoms with Crippen molar-refractivity contribution in [3.8, 4) is 0 Å². The molecule has 2 rings (SSSR count). The number of amides is 2. The highest BCUT2D eigenvalue weighted by atomic mass is 16.7. The molecule has 1 aromatic rings. The maximum Gasteiger partial charge on any atom is 0.363 e. The van der Waals surface area contributed by atoms with E-state index >= 15 is 0 Å². The number of hydrogen-bond donors (Lipinski definition) is 0. The van der Waals surface area contributed by atoms with Crippen LogP contribution in [0.1, 0.15) is 40.5 Å². The molecule has 1 aliphatic rings. The molecular weight excluding hydrogens is 278 g/mol. The highest BCUT2D eigenvalue weighted by molar-refractivity contribution is 6.03. The molecule has 1 fully saturated rings. The van der Waals surface area contributed by atoms with Crippen LogP contribution < -0.4 is 0 Å². The first kappa shape index (κ1) is 14.7. The van der Waals surface area contributed by atoms with E-state index < -0.39 is 23.8 Å². The molecule has 21 heavy (non-hydrogen) atoms. The zero-order valence-corrected chi connectivity index (χ0v) is 11.3. The Morgan fingerprint density at radius 2 is 1.67 bits per heavy atom. The van der Waals surface area contributed by atoms with E-state index in [1.807, 2.05) is 0 Å². The quantitative estimate of drug-likeness (QED) is 0.609. The summed E-state index contributed by atoms with van der Waals surface area (Å²) in [7, 11) is 0. The first-order chi connectivity index (χ1) is 10.0. The third-order valence-electron chi connectivity index (χ3n) is 2.79. The summed E-state index contributed by atoms with van der Waals surface area (Å²) in [6, 6.07) is 5.67. The summed E-state index contributed by atoms with van der Waals surface area (Å²) in [5.74, 6) is -2.57. The number of nitrogens with zero attached hydrogens (tertiary/aromatic N) is 1. The summed E-state index contributed by atoms with van der Waals surface area (Å²) in [4.78, 5) is 51.0. The summed E-state index contributed by atoms with van der Waals surface area (Å²) < 4.78 is 4.82. The number of hydroxylamine groups is 2. The Bertz CT molecular complexity index is 593. The fourth-order valence-corrected chi connectivity index (χ4v) is 1.78. The van der Waals surface area contributed by atoms with E-state index in [1.165, 1.54) is 24.3 Å². The molecule has 0 aliphatic carbocycles. The predicted octanol–water partition coefficient (Wildman–Crippen LogP) is 1.08. The Kier molecular flexibility index (Phi) is 4.32.